The van der Waals surface area contributed by atoms with E-state index in [1.54, 1.807) is 4.90 Å². The molecule has 0 saturated carbocycles. The van der Waals surface area contributed by atoms with Crippen LogP contribution >= 0.6 is 0 Å². The monoisotopic (exact) mass is 305 g/mol. The van der Waals surface area contributed by atoms with Crippen molar-refractivity contribution in [3.63, 3.8) is 0 Å². The van der Waals surface area contributed by atoms with E-state index >= 15 is 0 Å². The van der Waals surface area contributed by atoms with E-state index in [4.69, 9.17) is 9.84 Å². The van der Waals surface area contributed by atoms with Crippen LogP contribution in [0.5, 0.6) is 5.75 Å². The maximum absolute atomic E-state index is 12.2. The van der Waals surface area contributed by atoms with Crippen molar-refractivity contribution in [2.24, 2.45) is 5.92 Å². The number of likely N-dealkylation sites (tertiary alicyclic amines) is 1. The van der Waals surface area contributed by atoms with Crippen molar-refractivity contribution in [1.29, 1.82) is 0 Å². The van der Waals surface area contributed by atoms with Gasteiger partial charge in [0.2, 0.25) is 0 Å². The first kappa shape index (κ1) is 16.3. The third-order valence-corrected chi connectivity index (χ3v) is 4.14. The van der Waals surface area contributed by atoms with Gasteiger partial charge in [0, 0.05) is 13.1 Å². The van der Waals surface area contributed by atoms with E-state index in [-0.39, 0.29) is 18.4 Å². The Balaban J connectivity index is 1.90. The van der Waals surface area contributed by atoms with Crippen molar-refractivity contribution in [3.8, 4) is 5.75 Å². The quantitative estimate of drug-likeness (QED) is 0.927. The van der Waals surface area contributed by atoms with Gasteiger partial charge >= 0.3 is 5.97 Å². The van der Waals surface area contributed by atoms with Crippen LogP contribution < -0.4 is 4.74 Å². The third-order valence-electron chi connectivity index (χ3n) is 4.14. The number of carboxylic acid groups (broad SMARTS) is 1. The molecule has 1 aromatic carbocycles. The summed E-state index contributed by atoms with van der Waals surface area (Å²) in [6.45, 7) is 6.95. The normalized spacial score (nSPS) is 15.7. The van der Waals surface area contributed by atoms with Crippen LogP contribution in [0.1, 0.15) is 29.5 Å². The number of carbonyl (C=O) groups excluding carboxylic acids is 1. The Bertz CT molecular complexity index is 551. The maximum atomic E-state index is 12.2. The second-order valence-electron chi connectivity index (χ2n) is 6.01. The first-order chi connectivity index (χ1) is 10.4. The lowest BCUT2D eigenvalue weighted by atomic mass is 9.97. The van der Waals surface area contributed by atoms with Crippen LogP contribution in [-0.4, -0.2) is 41.6 Å². The van der Waals surface area contributed by atoms with Gasteiger partial charge < -0.3 is 14.7 Å². The molecule has 1 fully saturated rings. The number of rotatable bonds is 4. The van der Waals surface area contributed by atoms with Crippen LogP contribution in [-0.2, 0) is 9.59 Å². The number of nitrogens with zero attached hydrogens (tertiary/aromatic N) is 1. The van der Waals surface area contributed by atoms with E-state index in [0.717, 1.165) is 16.9 Å². The number of carboxylic acids is 1. The van der Waals surface area contributed by atoms with Crippen LogP contribution in [0.3, 0.4) is 0 Å². The lowest BCUT2D eigenvalue weighted by molar-refractivity contribution is -0.146. The predicted molar refractivity (Wildman–Crippen MR) is 83.1 cm³/mol. The van der Waals surface area contributed by atoms with Gasteiger partial charge in [-0.15, -0.1) is 0 Å². The summed E-state index contributed by atoms with van der Waals surface area (Å²) in [5, 5.41) is 8.97. The topological polar surface area (TPSA) is 66.8 Å². The summed E-state index contributed by atoms with van der Waals surface area (Å²) in [7, 11) is 0. The van der Waals surface area contributed by atoms with Crippen molar-refractivity contribution in [3.05, 3.63) is 28.8 Å². The van der Waals surface area contributed by atoms with Crippen molar-refractivity contribution >= 4 is 11.9 Å². The van der Waals surface area contributed by atoms with Gasteiger partial charge in [-0.3, -0.25) is 9.59 Å². The number of amides is 1. The fraction of sp³-hybridized carbons (Fsp3) is 0.529. The van der Waals surface area contributed by atoms with Gasteiger partial charge in [0.1, 0.15) is 5.75 Å². The van der Waals surface area contributed by atoms with Crippen molar-refractivity contribution < 1.29 is 19.4 Å². The van der Waals surface area contributed by atoms with E-state index in [1.807, 2.05) is 32.9 Å². The zero-order valence-corrected chi connectivity index (χ0v) is 13.4. The Morgan fingerprint density at radius 2 is 1.73 bits per heavy atom. The predicted octanol–water partition coefficient (Wildman–Crippen LogP) is 2.31. The molecule has 1 heterocycles. The minimum absolute atomic E-state index is 0.00246. The summed E-state index contributed by atoms with van der Waals surface area (Å²) in [6, 6.07) is 4.07. The average Bonchev–Trinajstić information content (AvgIpc) is 2.46. The number of hydrogen-bond donors (Lipinski definition) is 1. The van der Waals surface area contributed by atoms with Crippen LogP contribution in [0, 0.1) is 26.7 Å². The molecule has 0 aliphatic carbocycles. The van der Waals surface area contributed by atoms with E-state index in [1.165, 1.54) is 5.56 Å². The largest absolute Gasteiger partial charge is 0.483 e. The Morgan fingerprint density at radius 1 is 1.18 bits per heavy atom. The zero-order valence-electron chi connectivity index (χ0n) is 13.4. The molecule has 0 radical (unpaired) electrons. The fourth-order valence-electron chi connectivity index (χ4n) is 3.00. The Labute approximate surface area is 130 Å². The number of benzene rings is 1. The minimum atomic E-state index is -0.769. The Morgan fingerprint density at radius 3 is 2.23 bits per heavy atom. The Hall–Kier alpha value is -2.04. The summed E-state index contributed by atoms with van der Waals surface area (Å²) in [5.74, 6) is -0.414. The molecule has 1 amide bonds. The molecule has 0 atom stereocenters. The molecule has 1 aliphatic heterocycles. The summed E-state index contributed by atoms with van der Waals surface area (Å²) in [6.07, 6.45) is 1.04. The molecule has 2 rings (SSSR count). The number of aliphatic carboxylic acids is 1. The summed E-state index contributed by atoms with van der Waals surface area (Å²) in [5.41, 5.74) is 3.22. The van der Waals surface area contributed by atoms with Crippen LogP contribution in [0.2, 0.25) is 0 Å². The smallest absolute Gasteiger partial charge is 0.306 e. The highest BCUT2D eigenvalue weighted by Gasteiger charge is 2.27. The SMILES string of the molecule is Cc1cc(C)c(OCC(=O)N2CCC(C(=O)O)CC2)c(C)c1. The summed E-state index contributed by atoms with van der Waals surface area (Å²) in [4.78, 5) is 24.8. The second kappa shape index (κ2) is 6.81. The lowest BCUT2D eigenvalue weighted by Crippen LogP contribution is -2.42. The fourth-order valence-corrected chi connectivity index (χ4v) is 3.00. The molecule has 22 heavy (non-hydrogen) atoms. The second-order valence-corrected chi connectivity index (χ2v) is 6.01. The molecule has 1 aromatic rings. The molecule has 120 valence electrons. The van der Waals surface area contributed by atoms with Gasteiger partial charge in [-0.2, -0.15) is 0 Å². The highest BCUT2D eigenvalue weighted by molar-refractivity contribution is 5.78. The van der Waals surface area contributed by atoms with E-state index in [2.05, 4.69) is 0 Å². The number of ether oxygens (including phenoxy) is 1. The highest BCUT2D eigenvalue weighted by Crippen LogP contribution is 2.25. The molecular weight excluding hydrogens is 282 g/mol. The van der Waals surface area contributed by atoms with Gasteiger partial charge in [-0.25, -0.2) is 0 Å². The highest BCUT2D eigenvalue weighted by atomic mass is 16.5. The van der Waals surface area contributed by atoms with Crippen molar-refractivity contribution in [1.82, 2.24) is 4.90 Å². The van der Waals surface area contributed by atoms with Crippen LogP contribution in [0.15, 0.2) is 12.1 Å². The first-order valence-electron chi connectivity index (χ1n) is 7.59. The van der Waals surface area contributed by atoms with Crippen molar-refractivity contribution in [2.75, 3.05) is 19.7 Å². The Kier molecular flexibility index (Phi) is 5.06. The van der Waals surface area contributed by atoms with Gasteiger partial charge in [-0.05, 0) is 44.7 Å². The maximum Gasteiger partial charge on any atom is 0.306 e. The number of aryl methyl sites for hydroxylation is 3. The van der Waals surface area contributed by atoms with Gasteiger partial charge in [0.05, 0.1) is 5.92 Å². The van der Waals surface area contributed by atoms with E-state index in [9.17, 15) is 9.59 Å². The van der Waals surface area contributed by atoms with Crippen molar-refractivity contribution in [2.45, 2.75) is 33.6 Å². The third kappa shape index (κ3) is 3.78. The van der Waals surface area contributed by atoms with Gasteiger partial charge in [0.25, 0.3) is 5.91 Å². The first-order valence-corrected chi connectivity index (χ1v) is 7.59. The number of carbonyl (C=O) groups is 2. The minimum Gasteiger partial charge on any atom is -0.483 e. The average molecular weight is 305 g/mol. The molecule has 5 nitrogen and oxygen atoms in total. The lowest BCUT2D eigenvalue weighted by Gasteiger charge is -2.30. The van der Waals surface area contributed by atoms with Crippen LogP contribution in [0.25, 0.3) is 0 Å². The van der Waals surface area contributed by atoms with E-state index < -0.39 is 5.97 Å². The molecule has 0 bridgehead atoms. The number of hydrogen-bond acceptors (Lipinski definition) is 3. The molecule has 0 spiro atoms. The molecule has 1 aliphatic rings. The molecule has 1 saturated heterocycles. The zero-order chi connectivity index (χ0) is 16.3. The standard InChI is InChI=1S/C17H23NO4/c1-11-8-12(2)16(13(3)9-11)22-10-15(19)18-6-4-14(5-7-18)17(20)21/h8-9,14H,4-7,10H2,1-3H3,(H,20,21). The van der Waals surface area contributed by atoms with Gasteiger partial charge in [-0.1, -0.05) is 17.7 Å². The van der Waals surface area contributed by atoms with Gasteiger partial charge in [0.15, 0.2) is 6.61 Å². The molecule has 5 heteroatoms. The molecule has 1 N–H and O–H groups in total. The summed E-state index contributed by atoms with van der Waals surface area (Å²) < 4.78 is 5.70. The molecule has 0 aromatic heterocycles. The summed E-state index contributed by atoms with van der Waals surface area (Å²) >= 11 is 0. The number of piperidine rings is 1. The van der Waals surface area contributed by atoms with Crippen LogP contribution in [0.4, 0.5) is 0 Å². The molecule has 0 unspecified atom stereocenters. The van der Waals surface area contributed by atoms with E-state index in [0.29, 0.717) is 25.9 Å². The molecular formula is C17H23NO4.